The number of halogens is 1. The number of methoxy groups -OCH3 is 1. The van der Waals surface area contributed by atoms with Gasteiger partial charge < -0.3 is 9.84 Å². The van der Waals surface area contributed by atoms with Crippen molar-refractivity contribution in [3.8, 4) is 5.75 Å². The molecule has 2 rings (SSSR count). The number of aliphatic hydroxyl groups excluding tert-OH is 1. The number of aliphatic hydroxyl groups is 1. The van der Waals surface area contributed by atoms with Crippen molar-refractivity contribution in [3.63, 3.8) is 0 Å². The average Bonchev–Trinajstić information content (AvgIpc) is 2.39. The molecular weight excluding hydrogens is 252 g/mol. The van der Waals surface area contributed by atoms with E-state index in [0.29, 0.717) is 22.0 Å². The van der Waals surface area contributed by atoms with Crippen LogP contribution >= 0.6 is 11.6 Å². The second-order valence-corrected chi connectivity index (χ2v) is 4.31. The van der Waals surface area contributed by atoms with Crippen molar-refractivity contribution in [2.45, 2.75) is 13.0 Å². The third-order valence-corrected chi connectivity index (χ3v) is 2.80. The molecule has 1 heterocycles. The lowest BCUT2D eigenvalue weighted by molar-refractivity contribution is 0.209. The summed E-state index contributed by atoms with van der Waals surface area (Å²) >= 11 is 5.93. The van der Waals surface area contributed by atoms with Crippen LogP contribution in [0.3, 0.4) is 0 Å². The Morgan fingerprint density at radius 3 is 2.67 bits per heavy atom. The number of nitrogens with zero attached hydrogens (tertiary/aromatic N) is 2. The SMILES string of the molecule is COc1ccc(Cl)cc1C(O)c1cnc(C)cn1. The van der Waals surface area contributed by atoms with Crippen LogP contribution in [0.15, 0.2) is 30.6 Å². The van der Waals surface area contributed by atoms with Crippen LogP contribution in [0, 0.1) is 6.92 Å². The van der Waals surface area contributed by atoms with Crippen LogP contribution in [-0.2, 0) is 0 Å². The first-order valence-electron chi connectivity index (χ1n) is 5.42. The van der Waals surface area contributed by atoms with Gasteiger partial charge in [-0.1, -0.05) is 11.6 Å². The smallest absolute Gasteiger partial charge is 0.126 e. The van der Waals surface area contributed by atoms with Crippen LogP contribution in [0.1, 0.15) is 23.1 Å². The van der Waals surface area contributed by atoms with Gasteiger partial charge in [-0.15, -0.1) is 0 Å². The van der Waals surface area contributed by atoms with E-state index in [9.17, 15) is 5.11 Å². The summed E-state index contributed by atoms with van der Waals surface area (Å²) in [5, 5.41) is 10.8. The Hall–Kier alpha value is -1.65. The maximum Gasteiger partial charge on any atom is 0.126 e. The van der Waals surface area contributed by atoms with Gasteiger partial charge in [-0.3, -0.25) is 9.97 Å². The molecule has 1 aromatic heterocycles. The van der Waals surface area contributed by atoms with Crippen molar-refractivity contribution in [1.29, 1.82) is 0 Å². The van der Waals surface area contributed by atoms with E-state index in [1.807, 2.05) is 6.92 Å². The van der Waals surface area contributed by atoms with Gasteiger partial charge in [-0.05, 0) is 25.1 Å². The van der Waals surface area contributed by atoms with Crippen molar-refractivity contribution in [3.05, 3.63) is 52.6 Å². The summed E-state index contributed by atoms with van der Waals surface area (Å²) in [6, 6.07) is 5.08. The highest BCUT2D eigenvalue weighted by Gasteiger charge is 2.17. The second-order valence-electron chi connectivity index (χ2n) is 3.87. The van der Waals surface area contributed by atoms with Crippen LogP contribution in [0.4, 0.5) is 0 Å². The van der Waals surface area contributed by atoms with E-state index in [0.717, 1.165) is 5.69 Å². The number of aromatic nitrogens is 2. The fourth-order valence-corrected chi connectivity index (χ4v) is 1.80. The van der Waals surface area contributed by atoms with E-state index in [-0.39, 0.29) is 0 Å². The van der Waals surface area contributed by atoms with Crippen molar-refractivity contribution < 1.29 is 9.84 Å². The summed E-state index contributed by atoms with van der Waals surface area (Å²) in [5.41, 5.74) is 1.83. The molecule has 2 aromatic rings. The van der Waals surface area contributed by atoms with Crippen molar-refractivity contribution >= 4 is 11.6 Å². The molecule has 5 heteroatoms. The molecule has 0 radical (unpaired) electrons. The third-order valence-electron chi connectivity index (χ3n) is 2.57. The molecule has 0 fully saturated rings. The predicted molar refractivity (Wildman–Crippen MR) is 68.8 cm³/mol. The first kappa shape index (κ1) is 12.8. The van der Waals surface area contributed by atoms with Gasteiger partial charge in [0.15, 0.2) is 0 Å². The van der Waals surface area contributed by atoms with Gasteiger partial charge in [-0.2, -0.15) is 0 Å². The average molecular weight is 265 g/mol. The number of hydrogen-bond acceptors (Lipinski definition) is 4. The molecule has 0 amide bonds. The van der Waals surface area contributed by atoms with E-state index in [1.54, 1.807) is 37.7 Å². The maximum atomic E-state index is 10.3. The zero-order valence-corrected chi connectivity index (χ0v) is 10.8. The van der Waals surface area contributed by atoms with Gasteiger partial charge in [0.2, 0.25) is 0 Å². The van der Waals surface area contributed by atoms with Crippen molar-refractivity contribution in [1.82, 2.24) is 9.97 Å². The third kappa shape index (κ3) is 2.60. The highest BCUT2D eigenvalue weighted by molar-refractivity contribution is 6.30. The number of rotatable bonds is 3. The lowest BCUT2D eigenvalue weighted by atomic mass is 10.1. The van der Waals surface area contributed by atoms with E-state index in [1.165, 1.54) is 0 Å². The molecule has 0 aliphatic carbocycles. The standard InChI is InChI=1S/C13H13ClN2O2/c1-8-6-16-11(7-15-8)13(17)10-5-9(14)3-4-12(10)18-2/h3-7,13,17H,1-2H3. The van der Waals surface area contributed by atoms with Gasteiger partial charge in [0.25, 0.3) is 0 Å². The zero-order chi connectivity index (χ0) is 13.1. The summed E-state index contributed by atoms with van der Waals surface area (Å²) in [6.45, 7) is 1.84. The fourth-order valence-electron chi connectivity index (χ4n) is 1.62. The van der Waals surface area contributed by atoms with E-state index < -0.39 is 6.10 Å². The molecule has 1 unspecified atom stereocenters. The molecule has 0 aliphatic rings. The van der Waals surface area contributed by atoms with Crippen LogP contribution in [0.25, 0.3) is 0 Å². The van der Waals surface area contributed by atoms with Crippen LogP contribution < -0.4 is 4.74 Å². The molecule has 94 valence electrons. The van der Waals surface area contributed by atoms with E-state index in [4.69, 9.17) is 16.3 Å². The summed E-state index contributed by atoms with van der Waals surface area (Å²) in [5.74, 6) is 0.564. The lowest BCUT2D eigenvalue weighted by Gasteiger charge is -2.14. The second kappa shape index (κ2) is 5.33. The van der Waals surface area contributed by atoms with Gasteiger partial charge in [0.05, 0.1) is 24.7 Å². The largest absolute Gasteiger partial charge is 0.496 e. The first-order chi connectivity index (χ1) is 8.61. The quantitative estimate of drug-likeness (QED) is 0.926. The Bertz CT molecular complexity index is 543. The Kier molecular flexibility index (Phi) is 3.79. The minimum Gasteiger partial charge on any atom is -0.496 e. The Morgan fingerprint density at radius 2 is 2.06 bits per heavy atom. The van der Waals surface area contributed by atoms with Crippen LogP contribution in [0.2, 0.25) is 5.02 Å². The Balaban J connectivity index is 2.41. The topological polar surface area (TPSA) is 55.2 Å². The summed E-state index contributed by atoms with van der Waals surface area (Å²) < 4.78 is 5.20. The molecule has 18 heavy (non-hydrogen) atoms. The number of hydrogen-bond donors (Lipinski definition) is 1. The molecule has 1 atom stereocenters. The number of aryl methyl sites for hydroxylation is 1. The lowest BCUT2D eigenvalue weighted by Crippen LogP contribution is -2.05. The molecule has 0 bridgehead atoms. The maximum absolute atomic E-state index is 10.3. The normalized spacial score (nSPS) is 12.2. The summed E-state index contributed by atoms with van der Waals surface area (Å²) in [7, 11) is 1.54. The van der Waals surface area contributed by atoms with E-state index in [2.05, 4.69) is 9.97 Å². The van der Waals surface area contributed by atoms with Crippen LogP contribution in [0.5, 0.6) is 5.75 Å². The fraction of sp³-hybridized carbons (Fsp3) is 0.231. The number of ether oxygens (including phenoxy) is 1. The van der Waals surface area contributed by atoms with Gasteiger partial charge >= 0.3 is 0 Å². The molecule has 1 N–H and O–H groups in total. The molecule has 0 spiro atoms. The molecule has 0 saturated heterocycles. The Morgan fingerprint density at radius 1 is 1.28 bits per heavy atom. The van der Waals surface area contributed by atoms with E-state index >= 15 is 0 Å². The molecule has 0 aliphatic heterocycles. The Labute approximate surface area is 110 Å². The molecule has 4 nitrogen and oxygen atoms in total. The molecule has 1 aromatic carbocycles. The highest BCUT2D eigenvalue weighted by Crippen LogP contribution is 2.31. The monoisotopic (exact) mass is 264 g/mol. The number of benzene rings is 1. The minimum absolute atomic E-state index is 0.459. The van der Waals surface area contributed by atoms with Crippen molar-refractivity contribution in [2.75, 3.05) is 7.11 Å². The summed E-state index contributed by atoms with van der Waals surface area (Å²) in [4.78, 5) is 8.26. The highest BCUT2D eigenvalue weighted by atomic mass is 35.5. The molecule has 0 saturated carbocycles. The van der Waals surface area contributed by atoms with Gasteiger partial charge in [0.1, 0.15) is 11.9 Å². The summed E-state index contributed by atoms with van der Waals surface area (Å²) in [6.07, 6.45) is 2.24. The minimum atomic E-state index is -0.910. The zero-order valence-electron chi connectivity index (χ0n) is 10.1. The van der Waals surface area contributed by atoms with Gasteiger partial charge in [-0.25, -0.2) is 0 Å². The van der Waals surface area contributed by atoms with Crippen LogP contribution in [-0.4, -0.2) is 22.2 Å². The van der Waals surface area contributed by atoms with Crippen molar-refractivity contribution in [2.24, 2.45) is 0 Å². The first-order valence-corrected chi connectivity index (χ1v) is 5.79. The van der Waals surface area contributed by atoms with Gasteiger partial charge in [0, 0.05) is 16.8 Å². The molecular formula is C13H13ClN2O2. The predicted octanol–water partition coefficient (Wildman–Crippen LogP) is 2.53.